The Balaban J connectivity index is 1.74. The van der Waals surface area contributed by atoms with Crippen LogP contribution in [-0.4, -0.2) is 31.4 Å². The Labute approximate surface area is 218 Å². The lowest BCUT2D eigenvalue weighted by molar-refractivity contribution is 0.0526. The van der Waals surface area contributed by atoms with E-state index in [1.54, 1.807) is 36.9 Å². The Hall–Kier alpha value is -3.36. The van der Waals surface area contributed by atoms with Crippen molar-refractivity contribution in [2.24, 2.45) is 4.99 Å². The van der Waals surface area contributed by atoms with Crippen LogP contribution < -0.4 is 14.3 Å². The molecule has 8 heteroatoms. The number of rotatable bonds is 7. The standard InChI is InChI=1S/C28H28N2O4S2/c1-5-34-27(31)24-22-7-6-8-23(22)36-26(24)29-28-30(19-11-15-21(33-4)16-12-19)25(17(2)35-28)18-9-13-20(32-3)14-10-18/h9-16H,5-8H2,1-4H3/b29-28-. The van der Waals surface area contributed by atoms with E-state index in [0.717, 1.165) is 67.9 Å². The van der Waals surface area contributed by atoms with Crippen molar-refractivity contribution >= 4 is 33.6 Å². The zero-order chi connectivity index (χ0) is 25.2. The zero-order valence-corrected chi connectivity index (χ0v) is 22.4. The molecule has 0 saturated heterocycles. The molecule has 0 unspecified atom stereocenters. The lowest BCUT2D eigenvalue weighted by Gasteiger charge is -2.12. The molecule has 0 radical (unpaired) electrons. The first-order valence-electron chi connectivity index (χ1n) is 11.9. The van der Waals surface area contributed by atoms with E-state index in [1.807, 2.05) is 43.3 Å². The predicted octanol–water partition coefficient (Wildman–Crippen LogP) is 6.49. The maximum atomic E-state index is 13.0. The summed E-state index contributed by atoms with van der Waals surface area (Å²) >= 11 is 3.22. The SMILES string of the molecule is CCOC(=O)c1c(/N=c2\sc(C)c(-c3ccc(OC)cc3)n2-c2ccc(OC)cc2)sc2c1CCC2. The Bertz CT molecular complexity index is 1460. The van der Waals surface area contributed by atoms with Gasteiger partial charge in [-0.2, -0.15) is 0 Å². The average Bonchev–Trinajstić information content (AvgIpc) is 3.57. The highest BCUT2D eigenvalue weighted by Gasteiger charge is 2.28. The van der Waals surface area contributed by atoms with Crippen molar-refractivity contribution < 1.29 is 19.0 Å². The zero-order valence-electron chi connectivity index (χ0n) is 20.8. The average molecular weight is 521 g/mol. The smallest absolute Gasteiger partial charge is 0.341 e. The first-order chi connectivity index (χ1) is 17.5. The number of nitrogens with zero attached hydrogens (tertiary/aromatic N) is 2. The summed E-state index contributed by atoms with van der Waals surface area (Å²) in [6, 6.07) is 16.0. The van der Waals surface area contributed by atoms with Gasteiger partial charge < -0.3 is 14.2 Å². The van der Waals surface area contributed by atoms with Gasteiger partial charge in [0, 0.05) is 15.4 Å². The number of methoxy groups -OCH3 is 2. The summed E-state index contributed by atoms with van der Waals surface area (Å²) in [5, 5.41) is 0.725. The molecule has 2 heterocycles. The van der Waals surface area contributed by atoms with E-state index in [1.165, 1.54) is 4.88 Å². The van der Waals surface area contributed by atoms with Crippen LogP contribution in [0.3, 0.4) is 0 Å². The summed E-state index contributed by atoms with van der Waals surface area (Å²) in [5.74, 6) is 1.31. The van der Waals surface area contributed by atoms with Gasteiger partial charge in [-0.05, 0) is 92.8 Å². The van der Waals surface area contributed by atoms with Crippen LogP contribution in [0.1, 0.15) is 39.0 Å². The number of aromatic nitrogens is 1. The van der Waals surface area contributed by atoms with Crippen LogP contribution in [-0.2, 0) is 17.6 Å². The minimum atomic E-state index is -0.282. The summed E-state index contributed by atoms with van der Waals surface area (Å²) in [6.07, 6.45) is 2.95. The molecule has 36 heavy (non-hydrogen) atoms. The van der Waals surface area contributed by atoms with E-state index in [4.69, 9.17) is 19.2 Å². The van der Waals surface area contributed by atoms with E-state index < -0.39 is 0 Å². The van der Waals surface area contributed by atoms with E-state index in [0.29, 0.717) is 12.2 Å². The van der Waals surface area contributed by atoms with Gasteiger partial charge in [0.1, 0.15) is 16.5 Å². The molecule has 2 aromatic heterocycles. The first-order valence-corrected chi connectivity index (χ1v) is 13.5. The summed E-state index contributed by atoms with van der Waals surface area (Å²) in [5.41, 5.74) is 4.81. The van der Waals surface area contributed by atoms with Gasteiger partial charge in [-0.15, -0.1) is 22.7 Å². The molecule has 0 aliphatic heterocycles. The van der Waals surface area contributed by atoms with E-state index >= 15 is 0 Å². The Morgan fingerprint density at radius 1 is 0.972 bits per heavy atom. The second kappa shape index (κ2) is 10.3. The lowest BCUT2D eigenvalue weighted by atomic mass is 10.1. The normalized spacial score (nSPS) is 13.1. The van der Waals surface area contributed by atoms with Gasteiger partial charge in [-0.1, -0.05) is 0 Å². The Kier molecular flexibility index (Phi) is 6.98. The van der Waals surface area contributed by atoms with E-state index in [-0.39, 0.29) is 5.97 Å². The van der Waals surface area contributed by atoms with Crippen molar-refractivity contribution in [2.75, 3.05) is 20.8 Å². The molecule has 0 bridgehead atoms. The third-order valence-electron chi connectivity index (χ3n) is 6.27. The first kappa shape index (κ1) is 24.3. The van der Waals surface area contributed by atoms with Gasteiger partial charge in [-0.3, -0.25) is 4.57 Å². The molecule has 0 fully saturated rings. The number of fused-ring (bicyclic) bond motifs is 1. The van der Waals surface area contributed by atoms with Gasteiger partial charge in [0.05, 0.1) is 32.1 Å². The maximum absolute atomic E-state index is 13.0. The number of aryl methyl sites for hydroxylation is 2. The topological polar surface area (TPSA) is 62.0 Å². The molecule has 186 valence electrons. The maximum Gasteiger partial charge on any atom is 0.341 e. The Morgan fingerprint density at radius 2 is 1.64 bits per heavy atom. The van der Waals surface area contributed by atoms with E-state index in [9.17, 15) is 4.79 Å². The van der Waals surface area contributed by atoms with Crippen molar-refractivity contribution in [3.63, 3.8) is 0 Å². The number of hydrogen-bond donors (Lipinski definition) is 0. The van der Waals surface area contributed by atoms with Gasteiger partial charge in [0.2, 0.25) is 0 Å². The van der Waals surface area contributed by atoms with Crippen molar-refractivity contribution in [1.29, 1.82) is 0 Å². The molecule has 0 N–H and O–H groups in total. The number of carbonyl (C=O) groups is 1. The van der Waals surface area contributed by atoms with Crippen molar-refractivity contribution in [2.45, 2.75) is 33.1 Å². The Morgan fingerprint density at radius 3 is 2.28 bits per heavy atom. The molecule has 5 rings (SSSR count). The summed E-state index contributed by atoms with van der Waals surface area (Å²) < 4.78 is 18.3. The fourth-order valence-corrected chi connectivity index (χ4v) is 6.89. The van der Waals surface area contributed by atoms with Crippen LogP contribution in [0.5, 0.6) is 11.5 Å². The number of hydrogen-bond acceptors (Lipinski definition) is 7. The van der Waals surface area contributed by atoms with Crippen LogP contribution in [0, 0.1) is 6.92 Å². The number of thiophene rings is 1. The molecule has 0 amide bonds. The van der Waals surface area contributed by atoms with Crippen molar-refractivity contribution in [3.05, 3.63) is 74.2 Å². The second-order valence-electron chi connectivity index (χ2n) is 8.42. The van der Waals surface area contributed by atoms with Gasteiger partial charge >= 0.3 is 5.97 Å². The van der Waals surface area contributed by atoms with Gasteiger partial charge in [0.25, 0.3) is 0 Å². The third kappa shape index (κ3) is 4.47. The third-order valence-corrected chi connectivity index (χ3v) is 8.41. The fourth-order valence-electron chi connectivity index (χ4n) is 4.58. The monoisotopic (exact) mass is 520 g/mol. The molecule has 2 aromatic carbocycles. The van der Waals surface area contributed by atoms with Crippen molar-refractivity contribution in [3.8, 4) is 28.4 Å². The highest BCUT2D eigenvalue weighted by Crippen LogP contribution is 2.41. The van der Waals surface area contributed by atoms with Crippen LogP contribution in [0.25, 0.3) is 16.9 Å². The minimum Gasteiger partial charge on any atom is -0.497 e. The second-order valence-corrected chi connectivity index (χ2v) is 10.7. The molecule has 0 saturated carbocycles. The van der Waals surface area contributed by atoms with Gasteiger partial charge in [0.15, 0.2) is 4.80 Å². The summed E-state index contributed by atoms with van der Waals surface area (Å²) in [6.45, 7) is 4.28. The molecule has 0 spiro atoms. The van der Waals surface area contributed by atoms with Crippen LogP contribution >= 0.6 is 22.7 Å². The van der Waals surface area contributed by atoms with Gasteiger partial charge in [-0.25, -0.2) is 9.79 Å². The largest absolute Gasteiger partial charge is 0.497 e. The fraction of sp³-hybridized carbons (Fsp3) is 0.286. The van der Waals surface area contributed by atoms with Crippen molar-refractivity contribution in [1.82, 2.24) is 4.57 Å². The molecular weight excluding hydrogens is 492 g/mol. The molecule has 1 aliphatic rings. The highest BCUT2D eigenvalue weighted by atomic mass is 32.1. The number of ether oxygens (including phenoxy) is 3. The lowest BCUT2D eigenvalue weighted by Crippen LogP contribution is -2.14. The molecule has 0 atom stereocenters. The predicted molar refractivity (Wildman–Crippen MR) is 144 cm³/mol. The number of benzene rings is 2. The molecule has 1 aliphatic carbocycles. The quantitative estimate of drug-likeness (QED) is 0.261. The van der Waals surface area contributed by atoms with Crippen LogP contribution in [0.15, 0.2) is 53.5 Å². The molecular formula is C28H28N2O4S2. The number of thiazole rings is 1. The van der Waals surface area contributed by atoms with Crippen LogP contribution in [0.2, 0.25) is 0 Å². The summed E-state index contributed by atoms with van der Waals surface area (Å²) in [4.78, 5) is 21.2. The van der Waals surface area contributed by atoms with Crippen LogP contribution in [0.4, 0.5) is 5.00 Å². The van der Waals surface area contributed by atoms with E-state index in [2.05, 4.69) is 23.6 Å². The highest BCUT2D eigenvalue weighted by molar-refractivity contribution is 7.16. The summed E-state index contributed by atoms with van der Waals surface area (Å²) in [7, 11) is 3.33. The molecule has 6 nitrogen and oxygen atoms in total. The number of esters is 1. The molecule has 4 aromatic rings. The number of carbonyl (C=O) groups excluding carboxylic acids is 1. The minimum absolute atomic E-state index is 0.282.